The second-order valence-electron chi connectivity index (χ2n) is 6.18. The molecule has 0 aliphatic heterocycles. The van der Waals surface area contributed by atoms with E-state index < -0.39 is 11.8 Å². The lowest BCUT2D eigenvalue weighted by atomic mass is 9.98. The number of hydrogen-bond acceptors (Lipinski definition) is 3. The Morgan fingerprint density at radius 3 is 2.44 bits per heavy atom. The molecular formula is C18H23FN4O2. The molecule has 0 aliphatic rings. The van der Waals surface area contributed by atoms with E-state index in [0.717, 1.165) is 22.5 Å². The fourth-order valence-corrected chi connectivity index (χ4v) is 2.71. The van der Waals surface area contributed by atoms with Crippen molar-refractivity contribution in [2.45, 2.75) is 26.7 Å². The van der Waals surface area contributed by atoms with Crippen molar-refractivity contribution in [2.75, 3.05) is 6.54 Å². The predicted molar refractivity (Wildman–Crippen MR) is 92.2 cm³/mol. The Balaban J connectivity index is 1.95. The van der Waals surface area contributed by atoms with Gasteiger partial charge in [0.1, 0.15) is 5.82 Å². The smallest absolute Gasteiger partial charge is 0.224 e. The Morgan fingerprint density at radius 2 is 1.92 bits per heavy atom. The summed E-state index contributed by atoms with van der Waals surface area (Å²) in [6, 6.07) is 5.88. The zero-order valence-electron chi connectivity index (χ0n) is 14.7. The van der Waals surface area contributed by atoms with Gasteiger partial charge in [-0.2, -0.15) is 5.10 Å². The quantitative estimate of drug-likeness (QED) is 0.789. The van der Waals surface area contributed by atoms with E-state index in [4.69, 9.17) is 5.73 Å². The molecule has 6 nitrogen and oxygen atoms in total. The van der Waals surface area contributed by atoms with Gasteiger partial charge in [-0.15, -0.1) is 0 Å². The Morgan fingerprint density at radius 1 is 1.28 bits per heavy atom. The summed E-state index contributed by atoms with van der Waals surface area (Å²) >= 11 is 0. The number of primary amides is 1. The maximum absolute atomic E-state index is 13.0. The van der Waals surface area contributed by atoms with Gasteiger partial charge in [0.15, 0.2) is 0 Å². The van der Waals surface area contributed by atoms with E-state index >= 15 is 0 Å². The molecule has 1 heterocycles. The first kappa shape index (κ1) is 18.6. The number of amides is 2. The molecular weight excluding hydrogens is 323 g/mol. The molecule has 2 amide bonds. The van der Waals surface area contributed by atoms with Gasteiger partial charge >= 0.3 is 0 Å². The third-order valence-corrected chi connectivity index (χ3v) is 4.34. The van der Waals surface area contributed by atoms with Gasteiger partial charge in [0.25, 0.3) is 0 Å². The molecule has 1 aromatic carbocycles. The Kier molecular flexibility index (Phi) is 5.90. The van der Waals surface area contributed by atoms with Gasteiger partial charge in [-0.05, 0) is 38.0 Å². The van der Waals surface area contributed by atoms with Crippen LogP contribution in [0.25, 0.3) is 0 Å². The Labute approximate surface area is 146 Å². The number of halogens is 1. The molecule has 2 aromatic rings. The molecule has 0 spiro atoms. The number of benzene rings is 1. The van der Waals surface area contributed by atoms with Crippen LogP contribution in [0.2, 0.25) is 0 Å². The molecule has 2 rings (SSSR count). The maximum Gasteiger partial charge on any atom is 0.224 e. The molecule has 25 heavy (non-hydrogen) atoms. The summed E-state index contributed by atoms with van der Waals surface area (Å²) in [7, 11) is 1.83. The number of aryl methyl sites for hydroxylation is 2. The number of carbonyl (C=O) groups excluding carboxylic acids is 2. The number of rotatable bonds is 7. The van der Waals surface area contributed by atoms with Crippen molar-refractivity contribution in [3.63, 3.8) is 0 Å². The topological polar surface area (TPSA) is 90.0 Å². The van der Waals surface area contributed by atoms with Crippen LogP contribution in [-0.2, 0) is 29.5 Å². The summed E-state index contributed by atoms with van der Waals surface area (Å²) < 4.78 is 14.7. The lowest BCUT2D eigenvalue weighted by Crippen LogP contribution is -2.38. The first-order valence-corrected chi connectivity index (χ1v) is 8.07. The highest BCUT2D eigenvalue weighted by Gasteiger charge is 2.19. The summed E-state index contributed by atoms with van der Waals surface area (Å²) in [5, 5.41) is 7.04. The van der Waals surface area contributed by atoms with Crippen LogP contribution in [0.3, 0.4) is 0 Å². The zero-order valence-corrected chi connectivity index (χ0v) is 14.7. The lowest BCUT2D eigenvalue weighted by Gasteiger charge is -2.14. The minimum Gasteiger partial charge on any atom is -0.369 e. The molecule has 7 heteroatoms. The van der Waals surface area contributed by atoms with Gasteiger partial charge in [-0.1, -0.05) is 12.1 Å². The molecule has 0 saturated heterocycles. The van der Waals surface area contributed by atoms with Crippen LogP contribution in [0.1, 0.15) is 22.5 Å². The molecule has 1 aromatic heterocycles. The number of nitrogens with one attached hydrogen (secondary N) is 1. The average Bonchev–Trinajstić information content (AvgIpc) is 2.79. The van der Waals surface area contributed by atoms with Crippen molar-refractivity contribution < 1.29 is 14.0 Å². The standard InChI is InChI=1S/C18H23FN4O2/c1-11-16(12(2)23(3)22-11)9-17(24)21-10-14(18(20)25)8-13-4-6-15(19)7-5-13/h4-7,14H,8-10H2,1-3H3,(H2,20,25)(H,21,24)/t14-/m0/s1. The first-order chi connectivity index (χ1) is 11.8. The van der Waals surface area contributed by atoms with Gasteiger partial charge in [0.05, 0.1) is 18.0 Å². The van der Waals surface area contributed by atoms with Gasteiger partial charge < -0.3 is 11.1 Å². The Bertz CT molecular complexity index is 768. The van der Waals surface area contributed by atoms with Gasteiger partial charge in [-0.25, -0.2) is 4.39 Å². The van der Waals surface area contributed by atoms with E-state index in [1.54, 1.807) is 16.8 Å². The monoisotopic (exact) mass is 346 g/mol. The minimum absolute atomic E-state index is 0.143. The van der Waals surface area contributed by atoms with E-state index in [-0.39, 0.29) is 24.7 Å². The molecule has 134 valence electrons. The van der Waals surface area contributed by atoms with E-state index in [9.17, 15) is 14.0 Å². The van der Waals surface area contributed by atoms with Crippen molar-refractivity contribution in [3.05, 3.63) is 52.6 Å². The van der Waals surface area contributed by atoms with E-state index in [2.05, 4.69) is 10.4 Å². The minimum atomic E-state index is -0.550. The highest BCUT2D eigenvalue weighted by atomic mass is 19.1. The third kappa shape index (κ3) is 4.89. The maximum atomic E-state index is 13.0. The number of carbonyl (C=O) groups is 2. The van der Waals surface area contributed by atoms with E-state index in [1.165, 1.54) is 12.1 Å². The first-order valence-electron chi connectivity index (χ1n) is 8.07. The molecule has 0 radical (unpaired) electrons. The number of hydrogen-bond donors (Lipinski definition) is 2. The molecule has 3 N–H and O–H groups in total. The average molecular weight is 346 g/mol. The molecule has 0 saturated carbocycles. The van der Waals surface area contributed by atoms with Crippen molar-refractivity contribution in [3.8, 4) is 0 Å². The summed E-state index contributed by atoms with van der Waals surface area (Å²) in [6.45, 7) is 3.91. The summed E-state index contributed by atoms with van der Waals surface area (Å²) in [4.78, 5) is 23.8. The van der Waals surface area contributed by atoms with Crippen molar-refractivity contribution in [1.29, 1.82) is 0 Å². The van der Waals surface area contributed by atoms with Crippen LogP contribution in [0.4, 0.5) is 4.39 Å². The van der Waals surface area contributed by atoms with Crippen molar-refractivity contribution in [1.82, 2.24) is 15.1 Å². The van der Waals surface area contributed by atoms with Crippen LogP contribution in [-0.4, -0.2) is 28.1 Å². The van der Waals surface area contributed by atoms with Crippen molar-refractivity contribution >= 4 is 11.8 Å². The Hall–Kier alpha value is -2.70. The summed E-state index contributed by atoms with van der Waals surface area (Å²) in [5.41, 5.74) is 8.85. The highest BCUT2D eigenvalue weighted by Crippen LogP contribution is 2.13. The summed E-state index contributed by atoms with van der Waals surface area (Å²) in [6.07, 6.45) is 0.550. The molecule has 0 bridgehead atoms. The largest absolute Gasteiger partial charge is 0.369 e. The SMILES string of the molecule is Cc1nn(C)c(C)c1CC(=O)NC[C@H](Cc1ccc(F)cc1)C(N)=O. The fraction of sp³-hybridized carbons (Fsp3) is 0.389. The number of nitrogens with zero attached hydrogens (tertiary/aromatic N) is 2. The van der Waals surface area contributed by atoms with Crippen LogP contribution >= 0.6 is 0 Å². The van der Waals surface area contributed by atoms with Crippen LogP contribution < -0.4 is 11.1 Å². The second-order valence-corrected chi connectivity index (χ2v) is 6.18. The number of nitrogens with two attached hydrogens (primary N) is 1. The van der Waals surface area contributed by atoms with Crippen LogP contribution in [0.15, 0.2) is 24.3 Å². The van der Waals surface area contributed by atoms with Gasteiger partial charge in [0, 0.05) is 24.8 Å². The molecule has 0 unspecified atom stereocenters. The molecule has 0 aliphatic carbocycles. The van der Waals surface area contributed by atoms with E-state index in [0.29, 0.717) is 6.42 Å². The lowest BCUT2D eigenvalue weighted by molar-refractivity contribution is -0.123. The second kappa shape index (κ2) is 7.92. The molecule has 1 atom stereocenters. The number of aromatic nitrogens is 2. The fourth-order valence-electron chi connectivity index (χ4n) is 2.71. The molecule has 0 fully saturated rings. The van der Waals surface area contributed by atoms with Crippen molar-refractivity contribution in [2.24, 2.45) is 18.7 Å². The normalized spacial score (nSPS) is 12.0. The third-order valence-electron chi connectivity index (χ3n) is 4.34. The van der Waals surface area contributed by atoms with E-state index in [1.807, 2.05) is 20.9 Å². The predicted octanol–water partition coefficient (Wildman–Crippen LogP) is 1.18. The van der Waals surface area contributed by atoms with Crippen LogP contribution in [0, 0.1) is 25.6 Å². The van der Waals surface area contributed by atoms with Gasteiger partial charge in [0.2, 0.25) is 11.8 Å². The summed E-state index contributed by atoms with van der Waals surface area (Å²) in [5.74, 6) is -1.58. The van der Waals surface area contributed by atoms with Gasteiger partial charge in [-0.3, -0.25) is 14.3 Å². The van der Waals surface area contributed by atoms with Crippen LogP contribution in [0.5, 0.6) is 0 Å². The highest BCUT2D eigenvalue weighted by molar-refractivity contribution is 5.81. The zero-order chi connectivity index (χ0) is 18.6.